The Morgan fingerprint density at radius 3 is 2.55 bits per heavy atom. The number of likely N-dealkylation sites (tertiary alicyclic amines) is 1. The van der Waals surface area contributed by atoms with Crippen molar-refractivity contribution in [1.82, 2.24) is 9.88 Å². The van der Waals surface area contributed by atoms with Crippen LogP contribution in [0.4, 0.5) is 4.39 Å². The molecule has 1 aromatic carbocycles. The molecular formula is C17H17FN2O2. The molecule has 1 saturated heterocycles. The number of carbonyl (C=O) groups is 1. The number of nitrogens with zero attached hydrogens (tertiary/aromatic N) is 2. The molecule has 0 unspecified atom stereocenters. The predicted molar refractivity (Wildman–Crippen MR) is 79.6 cm³/mol. The Bertz CT molecular complexity index is 677. The van der Waals surface area contributed by atoms with Crippen LogP contribution in [0.1, 0.15) is 16.8 Å². The number of amides is 1. The van der Waals surface area contributed by atoms with Gasteiger partial charge in [-0.1, -0.05) is 18.2 Å². The SMILES string of the molecule is Cc1ccc(CC(=O)N2CC(O)(c3ccc(F)cc3)C2)cn1. The lowest BCUT2D eigenvalue weighted by Crippen LogP contribution is -2.61. The Morgan fingerprint density at radius 2 is 1.95 bits per heavy atom. The van der Waals surface area contributed by atoms with E-state index in [4.69, 9.17) is 0 Å². The minimum Gasteiger partial charge on any atom is -0.381 e. The van der Waals surface area contributed by atoms with Crippen LogP contribution in [0.3, 0.4) is 0 Å². The number of benzene rings is 1. The molecule has 1 aliphatic heterocycles. The number of rotatable bonds is 3. The van der Waals surface area contributed by atoms with E-state index in [0.29, 0.717) is 5.56 Å². The van der Waals surface area contributed by atoms with Crippen molar-refractivity contribution in [3.05, 3.63) is 65.2 Å². The largest absolute Gasteiger partial charge is 0.381 e. The minimum atomic E-state index is -1.07. The number of aliphatic hydroxyl groups is 1. The second kappa shape index (κ2) is 5.50. The highest BCUT2D eigenvalue weighted by atomic mass is 19.1. The Morgan fingerprint density at radius 1 is 1.27 bits per heavy atom. The molecule has 5 heteroatoms. The van der Waals surface area contributed by atoms with Gasteiger partial charge in [0.1, 0.15) is 11.4 Å². The smallest absolute Gasteiger partial charge is 0.227 e. The summed E-state index contributed by atoms with van der Waals surface area (Å²) >= 11 is 0. The number of aryl methyl sites for hydroxylation is 1. The molecule has 2 aromatic rings. The van der Waals surface area contributed by atoms with Gasteiger partial charge in [0, 0.05) is 11.9 Å². The van der Waals surface area contributed by atoms with Crippen LogP contribution in [0, 0.1) is 12.7 Å². The lowest BCUT2D eigenvalue weighted by Gasteiger charge is -2.46. The van der Waals surface area contributed by atoms with Gasteiger partial charge in [-0.25, -0.2) is 4.39 Å². The van der Waals surface area contributed by atoms with Gasteiger partial charge in [0.2, 0.25) is 5.91 Å². The summed E-state index contributed by atoms with van der Waals surface area (Å²) in [6.07, 6.45) is 1.96. The van der Waals surface area contributed by atoms with Gasteiger partial charge in [-0.05, 0) is 36.2 Å². The molecule has 0 radical (unpaired) electrons. The molecule has 1 aromatic heterocycles. The molecule has 0 saturated carbocycles. The van der Waals surface area contributed by atoms with Crippen LogP contribution in [-0.4, -0.2) is 34.0 Å². The van der Waals surface area contributed by atoms with E-state index in [1.165, 1.54) is 12.1 Å². The number of hydrogen-bond acceptors (Lipinski definition) is 3. The van der Waals surface area contributed by atoms with Gasteiger partial charge in [0.15, 0.2) is 0 Å². The molecular weight excluding hydrogens is 283 g/mol. The predicted octanol–water partition coefficient (Wildman–Crippen LogP) is 1.80. The van der Waals surface area contributed by atoms with E-state index in [1.54, 1.807) is 23.2 Å². The second-order valence-electron chi connectivity index (χ2n) is 5.77. The highest BCUT2D eigenvalue weighted by Crippen LogP contribution is 2.32. The molecule has 1 fully saturated rings. The number of pyridine rings is 1. The maximum absolute atomic E-state index is 12.9. The van der Waals surface area contributed by atoms with Crippen molar-refractivity contribution in [3.63, 3.8) is 0 Å². The van der Waals surface area contributed by atoms with Gasteiger partial charge >= 0.3 is 0 Å². The van der Waals surface area contributed by atoms with Gasteiger partial charge in [-0.2, -0.15) is 0 Å². The summed E-state index contributed by atoms with van der Waals surface area (Å²) in [4.78, 5) is 17.9. The molecule has 2 heterocycles. The first-order valence-corrected chi connectivity index (χ1v) is 7.14. The topological polar surface area (TPSA) is 53.4 Å². The highest BCUT2D eigenvalue weighted by molar-refractivity contribution is 5.80. The Labute approximate surface area is 128 Å². The summed E-state index contributed by atoms with van der Waals surface area (Å²) < 4.78 is 12.9. The normalized spacial score (nSPS) is 16.2. The molecule has 4 nitrogen and oxygen atoms in total. The van der Waals surface area contributed by atoms with Crippen molar-refractivity contribution in [2.45, 2.75) is 18.9 Å². The van der Waals surface area contributed by atoms with Gasteiger partial charge in [0.05, 0.1) is 19.5 Å². The average molecular weight is 300 g/mol. The number of hydrogen-bond donors (Lipinski definition) is 1. The van der Waals surface area contributed by atoms with E-state index in [-0.39, 0.29) is 31.2 Å². The van der Waals surface area contributed by atoms with Gasteiger partial charge < -0.3 is 10.0 Å². The standard InChI is InChI=1S/C17H17FN2O2/c1-12-2-3-13(9-19-12)8-16(21)20-10-17(22,11-20)14-4-6-15(18)7-5-14/h2-7,9,22H,8,10-11H2,1H3. The van der Waals surface area contributed by atoms with Crippen LogP contribution < -0.4 is 0 Å². The number of aromatic nitrogens is 1. The van der Waals surface area contributed by atoms with E-state index in [0.717, 1.165) is 11.3 Å². The minimum absolute atomic E-state index is 0.0440. The van der Waals surface area contributed by atoms with Crippen LogP contribution in [0.25, 0.3) is 0 Å². The molecule has 114 valence electrons. The summed E-state index contributed by atoms with van der Waals surface area (Å²) in [6.45, 7) is 2.36. The Kier molecular flexibility index (Phi) is 3.66. The molecule has 0 aliphatic carbocycles. The van der Waals surface area contributed by atoms with Crippen molar-refractivity contribution in [3.8, 4) is 0 Å². The van der Waals surface area contributed by atoms with Crippen LogP contribution in [0.5, 0.6) is 0 Å². The average Bonchev–Trinajstić information content (AvgIpc) is 2.47. The first-order valence-electron chi connectivity index (χ1n) is 7.14. The third-order valence-electron chi connectivity index (χ3n) is 3.97. The highest BCUT2D eigenvalue weighted by Gasteiger charge is 2.44. The van der Waals surface area contributed by atoms with E-state index >= 15 is 0 Å². The third kappa shape index (κ3) is 2.85. The number of halogens is 1. The van der Waals surface area contributed by atoms with Crippen LogP contribution in [-0.2, 0) is 16.8 Å². The molecule has 0 spiro atoms. The molecule has 1 amide bonds. The summed E-state index contributed by atoms with van der Waals surface area (Å²) in [7, 11) is 0. The summed E-state index contributed by atoms with van der Waals surface area (Å²) in [6, 6.07) is 9.49. The zero-order valence-corrected chi connectivity index (χ0v) is 12.3. The molecule has 1 aliphatic rings. The fourth-order valence-corrected chi connectivity index (χ4v) is 2.59. The van der Waals surface area contributed by atoms with Gasteiger partial charge in [0.25, 0.3) is 0 Å². The number of carbonyl (C=O) groups excluding carboxylic acids is 1. The first kappa shape index (κ1) is 14.7. The fourth-order valence-electron chi connectivity index (χ4n) is 2.59. The zero-order valence-electron chi connectivity index (χ0n) is 12.3. The van der Waals surface area contributed by atoms with Crippen molar-refractivity contribution in [1.29, 1.82) is 0 Å². The molecule has 22 heavy (non-hydrogen) atoms. The molecule has 1 N–H and O–H groups in total. The second-order valence-corrected chi connectivity index (χ2v) is 5.77. The van der Waals surface area contributed by atoms with Gasteiger partial charge in [-0.15, -0.1) is 0 Å². The number of β-amino-alcohol motifs (C(OH)–C–C–N with tert-alkyl or cyclic N) is 1. The van der Waals surface area contributed by atoms with Crippen molar-refractivity contribution in [2.24, 2.45) is 0 Å². The molecule has 3 rings (SSSR count). The van der Waals surface area contributed by atoms with E-state index in [1.807, 2.05) is 19.1 Å². The summed E-state index contributed by atoms with van der Waals surface area (Å²) in [5.41, 5.74) is 1.32. The van der Waals surface area contributed by atoms with Crippen molar-refractivity contribution >= 4 is 5.91 Å². The zero-order chi connectivity index (χ0) is 15.7. The Hall–Kier alpha value is -2.27. The Balaban J connectivity index is 1.61. The summed E-state index contributed by atoms with van der Waals surface area (Å²) in [5.74, 6) is -0.385. The monoisotopic (exact) mass is 300 g/mol. The van der Waals surface area contributed by atoms with Crippen LogP contribution >= 0.6 is 0 Å². The van der Waals surface area contributed by atoms with E-state index in [9.17, 15) is 14.3 Å². The lowest BCUT2D eigenvalue weighted by molar-refractivity contribution is -0.156. The maximum atomic E-state index is 12.9. The molecule has 0 bridgehead atoms. The van der Waals surface area contributed by atoms with E-state index in [2.05, 4.69) is 4.98 Å². The fraction of sp³-hybridized carbons (Fsp3) is 0.294. The first-order chi connectivity index (χ1) is 10.5. The van der Waals surface area contributed by atoms with Crippen LogP contribution in [0.2, 0.25) is 0 Å². The molecule has 0 atom stereocenters. The summed E-state index contributed by atoms with van der Waals surface area (Å²) in [5, 5.41) is 10.5. The lowest BCUT2D eigenvalue weighted by atomic mass is 9.86. The third-order valence-corrected chi connectivity index (χ3v) is 3.97. The van der Waals surface area contributed by atoms with E-state index < -0.39 is 5.60 Å². The maximum Gasteiger partial charge on any atom is 0.227 e. The van der Waals surface area contributed by atoms with Crippen molar-refractivity contribution < 1.29 is 14.3 Å². The van der Waals surface area contributed by atoms with Crippen molar-refractivity contribution in [2.75, 3.05) is 13.1 Å². The quantitative estimate of drug-likeness (QED) is 0.940. The van der Waals surface area contributed by atoms with Crippen LogP contribution in [0.15, 0.2) is 42.6 Å². The van der Waals surface area contributed by atoms with Gasteiger partial charge in [-0.3, -0.25) is 9.78 Å².